The normalized spacial score (nSPS) is 15.5. The highest BCUT2D eigenvalue weighted by Crippen LogP contribution is 2.21. The van der Waals surface area contributed by atoms with Crippen molar-refractivity contribution in [2.75, 3.05) is 49.5 Å². The predicted molar refractivity (Wildman–Crippen MR) is 95.9 cm³/mol. The van der Waals surface area contributed by atoms with Crippen LogP contribution in [0.15, 0.2) is 35.4 Å². The first-order chi connectivity index (χ1) is 11.6. The number of aryl methyl sites for hydroxylation is 1. The lowest BCUT2D eigenvalue weighted by atomic mass is 10.3. The first-order valence-electron chi connectivity index (χ1n) is 7.99. The monoisotopic (exact) mass is 348 g/mol. The number of aromatic nitrogens is 3. The van der Waals surface area contributed by atoms with Crippen LogP contribution in [0, 0.1) is 0 Å². The number of hydrogen-bond acceptors (Lipinski definition) is 6. The van der Waals surface area contributed by atoms with E-state index in [0.717, 1.165) is 50.8 Å². The van der Waals surface area contributed by atoms with Crippen molar-refractivity contribution in [3.05, 3.63) is 46.0 Å². The summed E-state index contributed by atoms with van der Waals surface area (Å²) in [4.78, 5) is 20.6. The van der Waals surface area contributed by atoms with E-state index < -0.39 is 0 Å². The highest BCUT2D eigenvalue weighted by atomic mass is 35.5. The Hall–Kier alpha value is -2.12. The molecular weight excluding hydrogens is 328 g/mol. The van der Waals surface area contributed by atoms with Gasteiger partial charge in [-0.15, -0.1) is 0 Å². The lowest BCUT2D eigenvalue weighted by Gasteiger charge is -2.36. The van der Waals surface area contributed by atoms with Gasteiger partial charge in [-0.05, 0) is 12.1 Å². The number of hydrogen-bond donors (Lipinski definition) is 1. The van der Waals surface area contributed by atoms with Gasteiger partial charge in [0.2, 0.25) is 0 Å². The average Bonchev–Trinajstić information content (AvgIpc) is 2.62. The molecule has 128 valence electrons. The van der Waals surface area contributed by atoms with Crippen LogP contribution in [-0.4, -0.2) is 58.9 Å². The Morgan fingerprint density at radius 2 is 2.04 bits per heavy atom. The van der Waals surface area contributed by atoms with Gasteiger partial charge in [0.15, 0.2) is 0 Å². The van der Waals surface area contributed by atoms with E-state index in [0.29, 0.717) is 0 Å². The van der Waals surface area contributed by atoms with Gasteiger partial charge < -0.3 is 10.2 Å². The van der Waals surface area contributed by atoms with Gasteiger partial charge in [0.1, 0.15) is 10.8 Å². The van der Waals surface area contributed by atoms with Crippen LogP contribution < -0.4 is 15.8 Å². The zero-order valence-electron chi connectivity index (χ0n) is 13.7. The highest BCUT2D eigenvalue weighted by molar-refractivity contribution is 6.33. The molecule has 1 fully saturated rings. The molecule has 8 heteroatoms. The Labute approximate surface area is 145 Å². The lowest BCUT2D eigenvalue weighted by molar-refractivity contribution is 0.267. The maximum Gasteiger partial charge on any atom is 0.287 e. The molecule has 0 unspecified atom stereocenters. The molecule has 2 aromatic rings. The highest BCUT2D eigenvalue weighted by Gasteiger charge is 2.20. The summed E-state index contributed by atoms with van der Waals surface area (Å²) in [6.45, 7) is 5.32. The van der Waals surface area contributed by atoms with E-state index in [1.165, 1.54) is 4.68 Å². The molecule has 24 heavy (non-hydrogen) atoms. The van der Waals surface area contributed by atoms with Gasteiger partial charge in [0, 0.05) is 52.5 Å². The molecule has 3 heterocycles. The molecule has 7 nitrogen and oxygen atoms in total. The molecular formula is C16H21ClN6O. The van der Waals surface area contributed by atoms with Crippen molar-refractivity contribution in [2.24, 2.45) is 7.05 Å². The van der Waals surface area contributed by atoms with Crippen molar-refractivity contribution in [3.8, 4) is 0 Å². The van der Waals surface area contributed by atoms with E-state index in [9.17, 15) is 4.79 Å². The topological polar surface area (TPSA) is 66.3 Å². The fraction of sp³-hybridized carbons (Fsp3) is 0.438. The third-order valence-electron chi connectivity index (χ3n) is 4.17. The summed E-state index contributed by atoms with van der Waals surface area (Å²) >= 11 is 6.17. The van der Waals surface area contributed by atoms with Gasteiger partial charge in [0.25, 0.3) is 5.56 Å². The molecule has 1 aliphatic heterocycles. The summed E-state index contributed by atoms with van der Waals surface area (Å²) in [6.07, 6.45) is 3.45. The molecule has 1 aliphatic rings. The van der Waals surface area contributed by atoms with E-state index in [1.807, 2.05) is 18.2 Å². The number of piperazine rings is 1. The summed E-state index contributed by atoms with van der Waals surface area (Å²) in [7, 11) is 1.60. The van der Waals surface area contributed by atoms with Crippen LogP contribution in [-0.2, 0) is 7.05 Å². The van der Waals surface area contributed by atoms with Crippen LogP contribution in [0.25, 0.3) is 0 Å². The van der Waals surface area contributed by atoms with Crippen molar-refractivity contribution in [1.29, 1.82) is 0 Å². The Morgan fingerprint density at radius 3 is 2.75 bits per heavy atom. The van der Waals surface area contributed by atoms with Gasteiger partial charge in [-0.3, -0.25) is 9.69 Å². The van der Waals surface area contributed by atoms with Crippen LogP contribution in [0.1, 0.15) is 0 Å². The van der Waals surface area contributed by atoms with Crippen molar-refractivity contribution in [1.82, 2.24) is 19.7 Å². The van der Waals surface area contributed by atoms with Crippen LogP contribution in [0.2, 0.25) is 5.02 Å². The zero-order valence-corrected chi connectivity index (χ0v) is 14.4. The van der Waals surface area contributed by atoms with Gasteiger partial charge in [0.05, 0.1) is 11.9 Å². The number of halogens is 1. The maximum absolute atomic E-state index is 11.9. The summed E-state index contributed by atoms with van der Waals surface area (Å²) in [5, 5.41) is 7.63. The lowest BCUT2D eigenvalue weighted by Crippen LogP contribution is -2.48. The molecule has 0 saturated carbocycles. The molecule has 0 spiro atoms. The summed E-state index contributed by atoms with van der Waals surface area (Å²) < 4.78 is 1.26. The smallest absolute Gasteiger partial charge is 0.287 e. The molecule has 0 radical (unpaired) electrons. The molecule has 3 rings (SSSR count). The number of rotatable bonds is 5. The van der Waals surface area contributed by atoms with E-state index in [-0.39, 0.29) is 10.6 Å². The van der Waals surface area contributed by atoms with Gasteiger partial charge in [-0.25, -0.2) is 9.67 Å². The number of nitrogens with one attached hydrogen (secondary N) is 1. The standard InChI is InChI=1S/C16H21ClN6O/c1-21-16(24)15(17)13(12-20-21)23-10-8-22(9-11-23)7-6-19-14-4-2-3-5-18-14/h2-5,12H,6-11H2,1H3,(H,18,19). The Bertz CT molecular complexity index is 727. The second-order valence-corrected chi connectivity index (χ2v) is 6.12. The minimum atomic E-state index is -0.254. The minimum Gasteiger partial charge on any atom is -0.369 e. The fourth-order valence-electron chi connectivity index (χ4n) is 2.74. The van der Waals surface area contributed by atoms with E-state index in [1.54, 1.807) is 19.4 Å². The largest absolute Gasteiger partial charge is 0.369 e. The van der Waals surface area contributed by atoms with Crippen LogP contribution >= 0.6 is 11.6 Å². The molecule has 0 bridgehead atoms. The Morgan fingerprint density at radius 1 is 1.25 bits per heavy atom. The molecule has 0 atom stereocenters. The molecule has 1 N–H and O–H groups in total. The Balaban J connectivity index is 1.49. The third kappa shape index (κ3) is 3.85. The number of nitrogens with zero attached hydrogens (tertiary/aromatic N) is 5. The molecule has 2 aromatic heterocycles. The van der Waals surface area contributed by atoms with E-state index in [2.05, 4.69) is 25.2 Å². The van der Waals surface area contributed by atoms with Crippen LogP contribution in [0.5, 0.6) is 0 Å². The summed E-state index contributed by atoms with van der Waals surface area (Å²) in [5.74, 6) is 0.897. The second kappa shape index (κ2) is 7.63. The maximum atomic E-state index is 11.9. The second-order valence-electron chi connectivity index (χ2n) is 5.74. The van der Waals surface area contributed by atoms with Crippen molar-refractivity contribution < 1.29 is 0 Å². The number of pyridine rings is 1. The van der Waals surface area contributed by atoms with Gasteiger partial charge in [-0.2, -0.15) is 5.10 Å². The molecule has 0 aromatic carbocycles. The quantitative estimate of drug-likeness (QED) is 0.871. The number of anilines is 2. The molecule has 0 amide bonds. The van der Waals surface area contributed by atoms with Crippen molar-refractivity contribution >= 4 is 23.1 Å². The fourth-order valence-corrected chi connectivity index (χ4v) is 3.03. The SMILES string of the molecule is Cn1ncc(N2CCN(CCNc3ccccn3)CC2)c(Cl)c1=O. The first-order valence-corrected chi connectivity index (χ1v) is 8.37. The zero-order chi connectivity index (χ0) is 16.9. The predicted octanol–water partition coefficient (Wildman–Crippen LogP) is 1.06. The summed E-state index contributed by atoms with van der Waals surface area (Å²) in [5.41, 5.74) is 0.474. The van der Waals surface area contributed by atoms with E-state index in [4.69, 9.17) is 11.6 Å². The van der Waals surface area contributed by atoms with Crippen LogP contribution in [0.3, 0.4) is 0 Å². The average molecular weight is 349 g/mol. The van der Waals surface area contributed by atoms with E-state index >= 15 is 0 Å². The van der Waals surface area contributed by atoms with Gasteiger partial charge in [-0.1, -0.05) is 17.7 Å². The summed E-state index contributed by atoms with van der Waals surface area (Å²) in [6, 6.07) is 5.83. The third-order valence-corrected chi connectivity index (χ3v) is 4.53. The first kappa shape index (κ1) is 16.7. The molecule has 1 saturated heterocycles. The molecule has 0 aliphatic carbocycles. The van der Waals surface area contributed by atoms with Crippen molar-refractivity contribution in [3.63, 3.8) is 0 Å². The minimum absolute atomic E-state index is 0.248. The van der Waals surface area contributed by atoms with Crippen LogP contribution in [0.4, 0.5) is 11.5 Å². The van der Waals surface area contributed by atoms with Gasteiger partial charge >= 0.3 is 0 Å². The van der Waals surface area contributed by atoms with Crippen molar-refractivity contribution in [2.45, 2.75) is 0 Å². The Kier molecular flexibility index (Phi) is 5.32.